The summed E-state index contributed by atoms with van der Waals surface area (Å²) in [6.45, 7) is 2.03. The Bertz CT molecular complexity index is 645. The number of hydrogen-bond acceptors (Lipinski definition) is 2. The molecule has 0 radical (unpaired) electrons. The molecule has 4 heteroatoms. The summed E-state index contributed by atoms with van der Waals surface area (Å²) in [7, 11) is 0. The summed E-state index contributed by atoms with van der Waals surface area (Å²) in [5.74, 6) is -1.20. The van der Waals surface area contributed by atoms with Crippen LogP contribution in [0.2, 0.25) is 0 Å². The molecule has 0 saturated heterocycles. The number of aryl methyl sites for hydroxylation is 1. The average Bonchev–Trinajstić information content (AvgIpc) is 2.38. The van der Waals surface area contributed by atoms with Crippen LogP contribution in [0.25, 0.3) is 0 Å². The Kier molecular flexibility index (Phi) is 3.76. The maximum atomic E-state index is 13.5. The first-order valence-corrected chi connectivity index (χ1v) is 5.79. The van der Waals surface area contributed by atoms with Crippen molar-refractivity contribution in [1.82, 2.24) is 0 Å². The van der Waals surface area contributed by atoms with E-state index in [1.807, 2.05) is 19.1 Å². The predicted molar refractivity (Wildman–Crippen MR) is 69.6 cm³/mol. The van der Waals surface area contributed by atoms with Crippen LogP contribution in [0.15, 0.2) is 36.4 Å². The molecular weight excluding hydrogens is 246 g/mol. The number of halogens is 2. The third-order valence-electron chi connectivity index (χ3n) is 2.87. The van der Waals surface area contributed by atoms with E-state index in [2.05, 4.69) is 11.4 Å². The minimum atomic E-state index is -0.602. The summed E-state index contributed by atoms with van der Waals surface area (Å²) < 4.78 is 26.2. The van der Waals surface area contributed by atoms with E-state index in [1.165, 1.54) is 12.1 Å². The number of rotatable bonds is 3. The van der Waals surface area contributed by atoms with Gasteiger partial charge in [-0.05, 0) is 24.6 Å². The van der Waals surface area contributed by atoms with Crippen molar-refractivity contribution >= 4 is 5.69 Å². The van der Waals surface area contributed by atoms with E-state index in [1.54, 1.807) is 6.07 Å². The zero-order chi connectivity index (χ0) is 13.8. The molecule has 0 unspecified atom stereocenters. The van der Waals surface area contributed by atoms with E-state index < -0.39 is 11.6 Å². The topological polar surface area (TPSA) is 35.8 Å². The van der Waals surface area contributed by atoms with Gasteiger partial charge in [-0.2, -0.15) is 5.26 Å². The molecule has 0 heterocycles. The summed E-state index contributed by atoms with van der Waals surface area (Å²) in [4.78, 5) is 0. The second kappa shape index (κ2) is 5.49. The zero-order valence-corrected chi connectivity index (χ0v) is 10.4. The molecule has 2 rings (SSSR count). The van der Waals surface area contributed by atoms with E-state index in [4.69, 9.17) is 5.26 Å². The Hall–Kier alpha value is -2.41. The quantitative estimate of drug-likeness (QED) is 0.909. The van der Waals surface area contributed by atoms with Crippen molar-refractivity contribution in [2.75, 3.05) is 5.32 Å². The molecule has 0 bridgehead atoms. The summed E-state index contributed by atoms with van der Waals surface area (Å²) in [5.41, 5.74) is 2.38. The van der Waals surface area contributed by atoms with Crippen molar-refractivity contribution in [2.24, 2.45) is 0 Å². The van der Waals surface area contributed by atoms with Crippen molar-refractivity contribution in [1.29, 1.82) is 5.26 Å². The van der Waals surface area contributed by atoms with Crippen LogP contribution in [0.1, 0.15) is 16.7 Å². The van der Waals surface area contributed by atoms with Gasteiger partial charge in [0.05, 0.1) is 11.3 Å². The van der Waals surface area contributed by atoms with Crippen molar-refractivity contribution < 1.29 is 8.78 Å². The lowest BCUT2D eigenvalue weighted by molar-refractivity contribution is 0.574. The average molecular weight is 258 g/mol. The molecule has 0 aliphatic carbocycles. The molecule has 0 aliphatic heterocycles. The normalized spacial score (nSPS) is 10.0. The fourth-order valence-corrected chi connectivity index (χ4v) is 1.82. The third-order valence-corrected chi connectivity index (χ3v) is 2.87. The fraction of sp³-hybridized carbons (Fsp3) is 0.133. The third kappa shape index (κ3) is 2.89. The van der Waals surface area contributed by atoms with Gasteiger partial charge in [0.15, 0.2) is 0 Å². The monoisotopic (exact) mass is 258 g/mol. The number of hydrogen-bond donors (Lipinski definition) is 1. The first-order chi connectivity index (χ1) is 9.11. The van der Waals surface area contributed by atoms with Gasteiger partial charge in [-0.15, -0.1) is 0 Å². The van der Waals surface area contributed by atoms with E-state index in [0.29, 0.717) is 16.8 Å². The molecule has 2 aromatic carbocycles. The predicted octanol–water partition coefficient (Wildman–Crippen LogP) is 3.76. The minimum absolute atomic E-state index is 0.199. The summed E-state index contributed by atoms with van der Waals surface area (Å²) in [6.07, 6.45) is 0. The van der Waals surface area contributed by atoms with E-state index in [9.17, 15) is 8.78 Å². The van der Waals surface area contributed by atoms with E-state index in [0.717, 1.165) is 11.6 Å². The second-order valence-corrected chi connectivity index (χ2v) is 4.20. The molecule has 2 aromatic rings. The zero-order valence-electron chi connectivity index (χ0n) is 10.4. The molecule has 0 aliphatic rings. The summed E-state index contributed by atoms with van der Waals surface area (Å²) in [5, 5.41) is 12.1. The lowest BCUT2D eigenvalue weighted by atomic mass is 10.1. The highest BCUT2D eigenvalue weighted by Crippen LogP contribution is 2.20. The Morgan fingerprint density at radius 1 is 1.21 bits per heavy atom. The molecule has 0 spiro atoms. The van der Waals surface area contributed by atoms with Crippen molar-refractivity contribution in [3.8, 4) is 6.07 Å². The van der Waals surface area contributed by atoms with Crippen LogP contribution in [0.4, 0.5) is 14.5 Å². The Morgan fingerprint density at radius 3 is 2.68 bits per heavy atom. The SMILES string of the molecule is Cc1cccc(NCc2ccc(F)cc2F)c1C#N. The molecule has 0 aromatic heterocycles. The molecule has 2 nitrogen and oxygen atoms in total. The van der Waals surface area contributed by atoms with Crippen LogP contribution in [-0.2, 0) is 6.54 Å². The number of nitrogens with one attached hydrogen (secondary N) is 1. The lowest BCUT2D eigenvalue weighted by Gasteiger charge is -2.10. The van der Waals surface area contributed by atoms with Gasteiger partial charge in [0.1, 0.15) is 17.7 Å². The Morgan fingerprint density at radius 2 is 2.00 bits per heavy atom. The van der Waals surface area contributed by atoms with Crippen LogP contribution in [0.5, 0.6) is 0 Å². The van der Waals surface area contributed by atoms with E-state index in [-0.39, 0.29) is 6.54 Å². The number of anilines is 1. The van der Waals surface area contributed by atoms with Crippen molar-refractivity contribution in [3.05, 3.63) is 64.7 Å². The Labute approximate surface area is 110 Å². The molecule has 19 heavy (non-hydrogen) atoms. The second-order valence-electron chi connectivity index (χ2n) is 4.20. The standard InChI is InChI=1S/C15H12F2N2/c1-10-3-2-4-15(13(10)8-18)19-9-11-5-6-12(16)7-14(11)17/h2-7,19H,9H2,1H3. The van der Waals surface area contributed by atoms with Gasteiger partial charge in [0, 0.05) is 18.2 Å². The highest BCUT2D eigenvalue weighted by Gasteiger charge is 2.07. The molecule has 0 amide bonds. The highest BCUT2D eigenvalue weighted by atomic mass is 19.1. The first-order valence-electron chi connectivity index (χ1n) is 5.79. The van der Waals surface area contributed by atoms with Crippen LogP contribution < -0.4 is 5.32 Å². The van der Waals surface area contributed by atoms with Gasteiger partial charge in [0.25, 0.3) is 0 Å². The largest absolute Gasteiger partial charge is 0.380 e. The summed E-state index contributed by atoms with van der Waals surface area (Å²) in [6, 6.07) is 11.0. The Balaban J connectivity index is 2.20. The van der Waals surface area contributed by atoms with Gasteiger partial charge >= 0.3 is 0 Å². The molecular formula is C15H12F2N2. The van der Waals surface area contributed by atoms with Gasteiger partial charge in [-0.1, -0.05) is 18.2 Å². The fourth-order valence-electron chi connectivity index (χ4n) is 1.82. The first kappa shape index (κ1) is 13.0. The minimum Gasteiger partial charge on any atom is -0.380 e. The van der Waals surface area contributed by atoms with Crippen molar-refractivity contribution in [3.63, 3.8) is 0 Å². The molecule has 0 saturated carbocycles. The van der Waals surface area contributed by atoms with Gasteiger partial charge in [0.2, 0.25) is 0 Å². The van der Waals surface area contributed by atoms with Gasteiger partial charge < -0.3 is 5.32 Å². The maximum Gasteiger partial charge on any atom is 0.131 e. The number of benzene rings is 2. The number of nitrogens with zero attached hydrogens (tertiary/aromatic N) is 1. The van der Waals surface area contributed by atoms with Crippen LogP contribution in [0, 0.1) is 29.9 Å². The number of nitriles is 1. The van der Waals surface area contributed by atoms with E-state index >= 15 is 0 Å². The molecule has 1 N–H and O–H groups in total. The molecule has 0 atom stereocenters. The smallest absolute Gasteiger partial charge is 0.131 e. The summed E-state index contributed by atoms with van der Waals surface area (Å²) >= 11 is 0. The molecule has 0 fully saturated rings. The maximum absolute atomic E-state index is 13.5. The van der Waals surface area contributed by atoms with Crippen molar-refractivity contribution in [2.45, 2.75) is 13.5 Å². The highest BCUT2D eigenvalue weighted by molar-refractivity contribution is 5.60. The van der Waals surface area contributed by atoms with Gasteiger partial charge in [-0.3, -0.25) is 0 Å². The van der Waals surface area contributed by atoms with Crippen LogP contribution in [0.3, 0.4) is 0 Å². The lowest BCUT2D eigenvalue weighted by Crippen LogP contribution is -2.04. The molecule has 96 valence electrons. The van der Waals surface area contributed by atoms with Gasteiger partial charge in [-0.25, -0.2) is 8.78 Å². The van der Waals surface area contributed by atoms with Crippen LogP contribution in [-0.4, -0.2) is 0 Å². The van der Waals surface area contributed by atoms with Crippen LogP contribution >= 0.6 is 0 Å².